The number of nitrogens with zero attached hydrogens (tertiary/aromatic N) is 5. The molecule has 0 bridgehead atoms. The molecule has 1 saturated heterocycles. The van der Waals surface area contributed by atoms with Gasteiger partial charge >= 0.3 is 0 Å². The predicted octanol–water partition coefficient (Wildman–Crippen LogP) is 4.19. The lowest BCUT2D eigenvalue weighted by Gasteiger charge is -2.33. The van der Waals surface area contributed by atoms with Crippen molar-refractivity contribution in [2.75, 3.05) is 26.2 Å². The molecular formula is C27H27N5O2. The lowest BCUT2D eigenvalue weighted by Crippen LogP contribution is -2.47. The molecule has 1 aliphatic rings. The lowest BCUT2D eigenvalue weighted by molar-refractivity contribution is -0.127. The molecule has 34 heavy (non-hydrogen) atoms. The molecule has 2 aromatic carbocycles. The number of hydrogen-bond donors (Lipinski definition) is 0. The number of carbonyl (C=O) groups excluding carboxylic acids is 1. The van der Waals surface area contributed by atoms with Gasteiger partial charge in [-0.1, -0.05) is 53.7 Å². The van der Waals surface area contributed by atoms with Crippen molar-refractivity contribution in [2.45, 2.75) is 13.5 Å². The Morgan fingerprint density at radius 1 is 1.00 bits per heavy atom. The SMILES string of the molecule is Cc1cc(CN2CCN(C(=O)/C=C/c3cn(-c4ccccc4)nc3-c3ccccc3)CC2)no1. The van der Waals surface area contributed by atoms with Crippen LogP contribution in [0.1, 0.15) is 17.0 Å². The van der Waals surface area contributed by atoms with Crippen molar-refractivity contribution in [2.24, 2.45) is 0 Å². The number of para-hydroxylation sites is 1. The Labute approximate surface area is 198 Å². The highest BCUT2D eigenvalue weighted by Crippen LogP contribution is 2.25. The zero-order valence-electron chi connectivity index (χ0n) is 19.2. The molecule has 1 fully saturated rings. The Balaban J connectivity index is 1.29. The summed E-state index contributed by atoms with van der Waals surface area (Å²) in [6.07, 6.45) is 5.51. The largest absolute Gasteiger partial charge is 0.361 e. The molecular weight excluding hydrogens is 426 g/mol. The summed E-state index contributed by atoms with van der Waals surface area (Å²) in [6.45, 7) is 5.64. The van der Waals surface area contributed by atoms with Gasteiger partial charge in [0.05, 0.1) is 17.1 Å². The first-order valence-electron chi connectivity index (χ1n) is 11.5. The van der Waals surface area contributed by atoms with E-state index in [0.29, 0.717) is 13.1 Å². The van der Waals surface area contributed by atoms with E-state index < -0.39 is 0 Å². The molecule has 7 heteroatoms. The number of aromatic nitrogens is 3. The minimum Gasteiger partial charge on any atom is -0.361 e. The summed E-state index contributed by atoms with van der Waals surface area (Å²) < 4.78 is 7.01. The van der Waals surface area contributed by atoms with Crippen LogP contribution in [0.3, 0.4) is 0 Å². The second kappa shape index (κ2) is 9.89. The molecule has 0 aliphatic carbocycles. The molecule has 172 valence electrons. The number of carbonyl (C=O) groups is 1. The highest BCUT2D eigenvalue weighted by molar-refractivity contribution is 5.93. The molecule has 0 spiro atoms. The maximum Gasteiger partial charge on any atom is 0.246 e. The molecule has 2 aromatic heterocycles. The van der Waals surface area contributed by atoms with Gasteiger partial charge in [-0.05, 0) is 25.1 Å². The summed E-state index contributed by atoms with van der Waals surface area (Å²) in [5.41, 5.74) is 4.68. The van der Waals surface area contributed by atoms with Gasteiger partial charge in [0.15, 0.2) is 0 Å². The molecule has 1 aliphatic heterocycles. The van der Waals surface area contributed by atoms with Crippen LogP contribution in [0, 0.1) is 6.92 Å². The normalized spacial score (nSPS) is 14.7. The van der Waals surface area contributed by atoms with Crippen molar-refractivity contribution in [1.29, 1.82) is 0 Å². The summed E-state index contributed by atoms with van der Waals surface area (Å²) >= 11 is 0. The van der Waals surface area contributed by atoms with Gasteiger partial charge < -0.3 is 9.42 Å². The quantitative estimate of drug-likeness (QED) is 0.410. The topological polar surface area (TPSA) is 67.4 Å². The van der Waals surface area contributed by atoms with Crippen LogP contribution in [0.15, 0.2) is 83.5 Å². The third-order valence-corrected chi connectivity index (χ3v) is 5.96. The minimum atomic E-state index is 0.0170. The number of rotatable bonds is 6. The van der Waals surface area contributed by atoms with Gasteiger partial charge in [0, 0.05) is 62.2 Å². The van der Waals surface area contributed by atoms with Gasteiger partial charge in [-0.3, -0.25) is 9.69 Å². The Morgan fingerprint density at radius 2 is 1.71 bits per heavy atom. The molecule has 0 saturated carbocycles. The van der Waals surface area contributed by atoms with E-state index in [2.05, 4.69) is 10.1 Å². The van der Waals surface area contributed by atoms with Crippen molar-refractivity contribution in [3.63, 3.8) is 0 Å². The van der Waals surface area contributed by atoms with E-state index in [1.54, 1.807) is 6.08 Å². The van der Waals surface area contributed by atoms with Crippen molar-refractivity contribution in [3.05, 3.63) is 96.0 Å². The average molecular weight is 454 g/mol. The van der Waals surface area contributed by atoms with Crippen LogP contribution in [0.4, 0.5) is 0 Å². The van der Waals surface area contributed by atoms with Gasteiger partial charge in [0.1, 0.15) is 5.76 Å². The molecule has 0 N–H and O–H groups in total. The third-order valence-electron chi connectivity index (χ3n) is 5.96. The van der Waals surface area contributed by atoms with Crippen LogP contribution in [-0.2, 0) is 11.3 Å². The van der Waals surface area contributed by atoms with Crippen LogP contribution in [-0.4, -0.2) is 56.8 Å². The first-order valence-corrected chi connectivity index (χ1v) is 11.5. The van der Waals surface area contributed by atoms with Crippen LogP contribution in [0.25, 0.3) is 23.0 Å². The zero-order chi connectivity index (χ0) is 23.3. The van der Waals surface area contributed by atoms with E-state index in [0.717, 1.165) is 53.6 Å². The van der Waals surface area contributed by atoms with E-state index in [-0.39, 0.29) is 5.91 Å². The van der Waals surface area contributed by atoms with Crippen molar-refractivity contribution in [3.8, 4) is 16.9 Å². The van der Waals surface area contributed by atoms with Gasteiger partial charge in [-0.25, -0.2) is 4.68 Å². The smallest absolute Gasteiger partial charge is 0.246 e. The van der Waals surface area contributed by atoms with Crippen molar-refractivity contribution >= 4 is 12.0 Å². The van der Waals surface area contributed by atoms with E-state index in [4.69, 9.17) is 9.62 Å². The first-order chi connectivity index (χ1) is 16.7. The number of piperazine rings is 1. The molecule has 5 rings (SSSR count). The van der Waals surface area contributed by atoms with Gasteiger partial charge in [0.2, 0.25) is 5.91 Å². The monoisotopic (exact) mass is 453 g/mol. The summed E-state index contributed by atoms with van der Waals surface area (Å²) in [7, 11) is 0. The number of aryl methyl sites for hydroxylation is 1. The van der Waals surface area contributed by atoms with E-state index in [1.165, 1.54) is 0 Å². The Kier molecular flexibility index (Phi) is 6.35. The maximum atomic E-state index is 12.9. The molecule has 0 atom stereocenters. The highest BCUT2D eigenvalue weighted by Gasteiger charge is 2.21. The Hall–Kier alpha value is -3.97. The van der Waals surface area contributed by atoms with Gasteiger partial charge in [-0.15, -0.1) is 0 Å². The second-order valence-electron chi connectivity index (χ2n) is 8.44. The fourth-order valence-electron chi connectivity index (χ4n) is 4.16. The molecule has 1 amide bonds. The molecule has 0 unspecified atom stereocenters. The molecule has 0 radical (unpaired) electrons. The summed E-state index contributed by atoms with van der Waals surface area (Å²) in [6, 6.07) is 22.0. The van der Waals surface area contributed by atoms with Gasteiger partial charge in [0.25, 0.3) is 0 Å². The third kappa shape index (κ3) is 5.00. The standard InChI is InChI=1S/C27H27N5O2/c1-21-18-24(29-34-21)20-30-14-16-31(17-15-30)26(33)13-12-23-19-32(25-10-6-3-7-11-25)28-27(23)22-8-4-2-5-9-22/h2-13,18-19H,14-17,20H2,1H3/b13-12+. The van der Waals surface area contributed by atoms with E-state index >= 15 is 0 Å². The molecule has 7 nitrogen and oxygen atoms in total. The number of benzene rings is 2. The summed E-state index contributed by atoms with van der Waals surface area (Å²) in [5.74, 6) is 0.836. The van der Waals surface area contributed by atoms with Crippen molar-refractivity contribution < 1.29 is 9.32 Å². The van der Waals surface area contributed by atoms with E-state index in [9.17, 15) is 4.79 Å². The minimum absolute atomic E-state index is 0.0170. The molecule has 4 aromatic rings. The highest BCUT2D eigenvalue weighted by atomic mass is 16.5. The fraction of sp³-hybridized carbons (Fsp3) is 0.222. The second-order valence-corrected chi connectivity index (χ2v) is 8.44. The number of hydrogen-bond acceptors (Lipinski definition) is 5. The Bertz CT molecular complexity index is 1270. The molecule has 3 heterocycles. The van der Waals surface area contributed by atoms with Crippen LogP contribution < -0.4 is 0 Å². The lowest BCUT2D eigenvalue weighted by atomic mass is 10.1. The fourth-order valence-corrected chi connectivity index (χ4v) is 4.16. The van der Waals surface area contributed by atoms with E-state index in [1.807, 2.05) is 95.5 Å². The van der Waals surface area contributed by atoms with Crippen LogP contribution >= 0.6 is 0 Å². The number of amides is 1. The maximum absolute atomic E-state index is 12.9. The first kappa shape index (κ1) is 21.9. The van der Waals surface area contributed by atoms with Crippen molar-refractivity contribution in [1.82, 2.24) is 24.7 Å². The van der Waals surface area contributed by atoms with Gasteiger partial charge in [-0.2, -0.15) is 5.10 Å². The predicted molar refractivity (Wildman–Crippen MR) is 131 cm³/mol. The Morgan fingerprint density at radius 3 is 2.38 bits per heavy atom. The average Bonchev–Trinajstić information content (AvgIpc) is 3.50. The zero-order valence-corrected chi connectivity index (χ0v) is 19.2. The summed E-state index contributed by atoms with van der Waals surface area (Å²) in [5, 5.41) is 8.88. The van der Waals surface area contributed by atoms with Crippen LogP contribution in [0.2, 0.25) is 0 Å². The van der Waals surface area contributed by atoms with Crippen LogP contribution in [0.5, 0.6) is 0 Å². The summed E-state index contributed by atoms with van der Waals surface area (Å²) in [4.78, 5) is 17.1.